The summed E-state index contributed by atoms with van der Waals surface area (Å²) in [5.74, 6) is 0.997. The standard InChI is InChI=1S/C10H17N3O/c1-7(6-14)8(2)13-10-9(3)11-4-5-12-10/h4-5,7-8,14H,6H2,1-3H3,(H,12,13). The molecule has 1 heterocycles. The van der Waals surface area contributed by atoms with E-state index >= 15 is 0 Å². The fourth-order valence-corrected chi connectivity index (χ4v) is 1.07. The predicted molar refractivity (Wildman–Crippen MR) is 56.1 cm³/mol. The zero-order chi connectivity index (χ0) is 10.6. The van der Waals surface area contributed by atoms with Crippen LogP contribution < -0.4 is 5.32 Å². The first-order valence-electron chi connectivity index (χ1n) is 4.80. The van der Waals surface area contributed by atoms with Crippen molar-refractivity contribution in [3.8, 4) is 0 Å². The van der Waals surface area contributed by atoms with Crippen molar-refractivity contribution in [2.45, 2.75) is 26.8 Å². The SMILES string of the molecule is Cc1nccnc1NC(C)C(C)CO. The van der Waals surface area contributed by atoms with Crippen molar-refractivity contribution in [1.29, 1.82) is 0 Å². The molecule has 0 aliphatic heterocycles. The molecule has 2 atom stereocenters. The maximum atomic E-state index is 8.98. The highest BCUT2D eigenvalue weighted by atomic mass is 16.3. The molecule has 0 saturated heterocycles. The lowest BCUT2D eigenvalue weighted by Gasteiger charge is -2.20. The lowest BCUT2D eigenvalue weighted by atomic mass is 10.1. The molecule has 0 aliphatic rings. The summed E-state index contributed by atoms with van der Waals surface area (Å²) in [6.07, 6.45) is 3.33. The Morgan fingerprint density at radius 2 is 2.00 bits per heavy atom. The third-order valence-electron chi connectivity index (χ3n) is 2.39. The van der Waals surface area contributed by atoms with Gasteiger partial charge in [-0.25, -0.2) is 4.98 Å². The Balaban J connectivity index is 2.64. The van der Waals surface area contributed by atoms with Gasteiger partial charge in [0.25, 0.3) is 0 Å². The number of hydrogen-bond donors (Lipinski definition) is 2. The third kappa shape index (κ3) is 2.67. The van der Waals surface area contributed by atoms with Crippen molar-refractivity contribution in [1.82, 2.24) is 9.97 Å². The predicted octanol–water partition coefficient (Wildman–Crippen LogP) is 1.21. The van der Waals surface area contributed by atoms with Gasteiger partial charge in [-0.3, -0.25) is 4.98 Å². The number of rotatable bonds is 4. The zero-order valence-electron chi connectivity index (χ0n) is 8.86. The number of hydrogen-bond acceptors (Lipinski definition) is 4. The average Bonchev–Trinajstić information content (AvgIpc) is 2.20. The van der Waals surface area contributed by atoms with E-state index in [1.807, 2.05) is 20.8 Å². The number of nitrogens with zero attached hydrogens (tertiary/aromatic N) is 2. The number of aliphatic hydroxyl groups excluding tert-OH is 1. The van der Waals surface area contributed by atoms with Crippen LogP contribution in [0.3, 0.4) is 0 Å². The molecular formula is C10H17N3O. The molecule has 0 radical (unpaired) electrons. The van der Waals surface area contributed by atoms with Crippen LogP contribution in [0.5, 0.6) is 0 Å². The van der Waals surface area contributed by atoms with Crippen LogP contribution >= 0.6 is 0 Å². The molecule has 78 valence electrons. The summed E-state index contributed by atoms with van der Waals surface area (Å²) in [5, 5.41) is 12.2. The number of aryl methyl sites for hydroxylation is 1. The van der Waals surface area contributed by atoms with Gasteiger partial charge in [0.05, 0.1) is 5.69 Å². The molecule has 1 aromatic heterocycles. The third-order valence-corrected chi connectivity index (χ3v) is 2.39. The van der Waals surface area contributed by atoms with Gasteiger partial charge >= 0.3 is 0 Å². The Hall–Kier alpha value is -1.16. The summed E-state index contributed by atoms with van der Waals surface area (Å²) in [4.78, 5) is 8.31. The summed E-state index contributed by atoms with van der Waals surface area (Å²) in [6.45, 7) is 6.09. The number of aromatic nitrogens is 2. The van der Waals surface area contributed by atoms with Crippen molar-refractivity contribution >= 4 is 5.82 Å². The first kappa shape index (κ1) is 10.9. The number of aliphatic hydroxyl groups is 1. The minimum atomic E-state index is 0.174. The van der Waals surface area contributed by atoms with Crippen LogP contribution in [0.2, 0.25) is 0 Å². The van der Waals surface area contributed by atoms with Crippen molar-refractivity contribution in [2.24, 2.45) is 5.92 Å². The molecule has 4 nitrogen and oxygen atoms in total. The number of anilines is 1. The van der Waals surface area contributed by atoms with Crippen LogP contribution in [0.25, 0.3) is 0 Å². The van der Waals surface area contributed by atoms with Crippen LogP contribution in [0.4, 0.5) is 5.82 Å². The van der Waals surface area contributed by atoms with Crippen molar-refractivity contribution in [3.05, 3.63) is 18.1 Å². The summed E-state index contributed by atoms with van der Waals surface area (Å²) in [7, 11) is 0. The molecular weight excluding hydrogens is 178 g/mol. The molecule has 14 heavy (non-hydrogen) atoms. The summed E-state index contributed by atoms with van der Waals surface area (Å²) >= 11 is 0. The van der Waals surface area contributed by atoms with Crippen molar-refractivity contribution in [2.75, 3.05) is 11.9 Å². The number of nitrogens with one attached hydrogen (secondary N) is 1. The summed E-state index contributed by atoms with van der Waals surface area (Å²) < 4.78 is 0. The molecule has 0 spiro atoms. The van der Waals surface area contributed by atoms with E-state index in [0.717, 1.165) is 11.5 Å². The molecule has 0 aliphatic carbocycles. The molecule has 1 aromatic rings. The molecule has 2 unspecified atom stereocenters. The highest BCUT2D eigenvalue weighted by Crippen LogP contribution is 2.11. The largest absolute Gasteiger partial charge is 0.396 e. The molecule has 1 rings (SSSR count). The van der Waals surface area contributed by atoms with Crippen LogP contribution in [-0.4, -0.2) is 27.7 Å². The Labute approximate surface area is 84.4 Å². The van der Waals surface area contributed by atoms with Crippen molar-refractivity contribution < 1.29 is 5.11 Å². The Kier molecular flexibility index (Phi) is 3.83. The van der Waals surface area contributed by atoms with Gasteiger partial charge in [0.2, 0.25) is 0 Å². The van der Waals surface area contributed by atoms with Crippen LogP contribution in [0, 0.1) is 12.8 Å². The lowest BCUT2D eigenvalue weighted by Crippen LogP contribution is -2.27. The molecule has 0 amide bonds. The van der Waals surface area contributed by atoms with E-state index in [9.17, 15) is 0 Å². The van der Waals surface area contributed by atoms with Gasteiger partial charge in [-0.05, 0) is 19.8 Å². The van der Waals surface area contributed by atoms with Gasteiger partial charge in [-0.2, -0.15) is 0 Å². The average molecular weight is 195 g/mol. The monoisotopic (exact) mass is 195 g/mol. The molecule has 0 bridgehead atoms. The van der Waals surface area contributed by atoms with Gasteiger partial charge in [-0.15, -0.1) is 0 Å². The first-order chi connectivity index (χ1) is 6.65. The van der Waals surface area contributed by atoms with Gasteiger partial charge in [-0.1, -0.05) is 6.92 Å². The maximum Gasteiger partial charge on any atom is 0.147 e. The van der Waals surface area contributed by atoms with Gasteiger partial charge in [0, 0.05) is 25.0 Å². The van der Waals surface area contributed by atoms with Crippen LogP contribution in [0.15, 0.2) is 12.4 Å². The highest BCUT2D eigenvalue weighted by Gasteiger charge is 2.12. The van der Waals surface area contributed by atoms with E-state index in [-0.39, 0.29) is 18.6 Å². The second kappa shape index (κ2) is 4.91. The first-order valence-corrected chi connectivity index (χ1v) is 4.80. The topological polar surface area (TPSA) is 58.0 Å². The second-order valence-corrected chi connectivity index (χ2v) is 3.58. The zero-order valence-corrected chi connectivity index (χ0v) is 8.86. The fourth-order valence-electron chi connectivity index (χ4n) is 1.07. The van der Waals surface area contributed by atoms with Gasteiger partial charge in [0.1, 0.15) is 5.82 Å². The smallest absolute Gasteiger partial charge is 0.147 e. The maximum absolute atomic E-state index is 8.98. The van der Waals surface area contributed by atoms with Gasteiger partial charge < -0.3 is 10.4 Å². The summed E-state index contributed by atoms with van der Waals surface area (Å²) in [6, 6.07) is 0.190. The van der Waals surface area contributed by atoms with Crippen LogP contribution in [-0.2, 0) is 0 Å². The Morgan fingerprint density at radius 1 is 1.36 bits per heavy atom. The lowest BCUT2D eigenvalue weighted by molar-refractivity contribution is 0.226. The molecule has 0 saturated carbocycles. The van der Waals surface area contributed by atoms with E-state index in [1.54, 1.807) is 12.4 Å². The minimum Gasteiger partial charge on any atom is -0.396 e. The van der Waals surface area contributed by atoms with E-state index in [2.05, 4.69) is 15.3 Å². The van der Waals surface area contributed by atoms with Crippen LogP contribution in [0.1, 0.15) is 19.5 Å². The molecule has 0 fully saturated rings. The normalized spacial score (nSPS) is 14.9. The van der Waals surface area contributed by atoms with E-state index < -0.39 is 0 Å². The Morgan fingerprint density at radius 3 is 2.57 bits per heavy atom. The molecule has 2 N–H and O–H groups in total. The van der Waals surface area contributed by atoms with Crippen molar-refractivity contribution in [3.63, 3.8) is 0 Å². The Bertz CT molecular complexity index is 290. The fraction of sp³-hybridized carbons (Fsp3) is 0.600. The van der Waals surface area contributed by atoms with E-state index in [0.29, 0.717) is 0 Å². The van der Waals surface area contributed by atoms with Gasteiger partial charge in [0.15, 0.2) is 0 Å². The molecule has 4 heteroatoms. The quantitative estimate of drug-likeness (QED) is 0.758. The van der Waals surface area contributed by atoms with E-state index in [1.165, 1.54) is 0 Å². The molecule has 0 aromatic carbocycles. The second-order valence-electron chi connectivity index (χ2n) is 3.58. The van der Waals surface area contributed by atoms with E-state index in [4.69, 9.17) is 5.11 Å². The minimum absolute atomic E-state index is 0.174. The highest BCUT2D eigenvalue weighted by molar-refractivity contribution is 5.39. The summed E-state index contributed by atoms with van der Waals surface area (Å²) in [5.41, 5.74) is 0.879.